The van der Waals surface area contributed by atoms with Crippen molar-refractivity contribution in [3.8, 4) is 0 Å². The number of anilines is 1. The lowest BCUT2D eigenvalue weighted by atomic mass is 10.3. The van der Waals surface area contributed by atoms with Gasteiger partial charge in [0.25, 0.3) is 0 Å². The zero-order valence-electron chi connectivity index (χ0n) is 10.5. The molecule has 0 aliphatic rings. The summed E-state index contributed by atoms with van der Waals surface area (Å²) in [6.45, 7) is 0.414. The number of hydrogen-bond donors (Lipinski definition) is 1. The normalized spacial score (nSPS) is 11.9. The Balaban J connectivity index is 2.13. The Hall–Kier alpha value is -1.44. The molecule has 0 saturated heterocycles. The summed E-state index contributed by atoms with van der Waals surface area (Å²) in [5.41, 5.74) is 5.91. The van der Waals surface area contributed by atoms with Gasteiger partial charge in [0.15, 0.2) is 0 Å². The molecular weight excluding hydrogens is 282 g/mol. The van der Waals surface area contributed by atoms with Crippen molar-refractivity contribution in [2.45, 2.75) is 11.3 Å². The molecule has 0 fully saturated rings. The van der Waals surface area contributed by atoms with Gasteiger partial charge in [-0.3, -0.25) is 4.98 Å². The number of sulfonamides is 1. The van der Waals surface area contributed by atoms with Crippen LogP contribution >= 0.6 is 11.3 Å². The lowest BCUT2D eigenvalue weighted by molar-refractivity contribution is 0.473. The Bertz CT molecular complexity index is 639. The van der Waals surface area contributed by atoms with Crippen molar-refractivity contribution < 1.29 is 8.42 Å². The SMILES string of the molecule is CN(CCc1cccs1)S(=O)(=O)c1cnccc1N. The molecule has 0 saturated carbocycles. The van der Waals surface area contributed by atoms with E-state index in [0.717, 1.165) is 4.88 Å². The standard InChI is InChI=1S/C12H15N3O2S2/c1-15(7-5-10-3-2-8-18-10)19(16,17)12-9-14-6-4-11(12)13/h2-4,6,8-9H,5,7H2,1H3,(H2,13,14). The third-order valence-corrected chi connectivity index (χ3v) is 5.59. The zero-order valence-corrected chi connectivity index (χ0v) is 12.1. The molecule has 0 bridgehead atoms. The van der Waals surface area contributed by atoms with Crippen LogP contribution in [0.5, 0.6) is 0 Å². The number of likely N-dealkylation sites (N-methyl/N-ethyl adjacent to an activating group) is 1. The van der Waals surface area contributed by atoms with Crippen molar-refractivity contribution in [1.29, 1.82) is 0 Å². The quantitative estimate of drug-likeness (QED) is 0.909. The summed E-state index contributed by atoms with van der Waals surface area (Å²) in [7, 11) is -2.02. The monoisotopic (exact) mass is 297 g/mol. The van der Waals surface area contributed by atoms with Crippen molar-refractivity contribution in [3.63, 3.8) is 0 Å². The minimum absolute atomic E-state index is 0.0590. The van der Waals surface area contributed by atoms with Crippen molar-refractivity contribution in [3.05, 3.63) is 40.8 Å². The van der Waals surface area contributed by atoms with Crippen molar-refractivity contribution >= 4 is 27.0 Å². The predicted octanol–water partition coefficient (Wildman–Crippen LogP) is 1.59. The fourth-order valence-electron chi connectivity index (χ4n) is 1.62. The molecule has 0 aliphatic heterocycles. The first-order valence-corrected chi connectivity index (χ1v) is 8.02. The average molecular weight is 297 g/mol. The molecule has 0 amide bonds. The van der Waals surface area contributed by atoms with Gasteiger partial charge in [0.2, 0.25) is 10.0 Å². The van der Waals surface area contributed by atoms with Gasteiger partial charge in [-0.05, 0) is 23.9 Å². The van der Waals surface area contributed by atoms with Crippen LogP contribution in [-0.4, -0.2) is 31.3 Å². The molecule has 0 unspecified atom stereocenters. The van der Waals surface area contributed by atoms with E-state index >= 15 is 0 Å². The Morgan fingerprint density at radius 2 is 2.21 bits per heavy atom. The molecule has 7 heteroatoms. The number of aromatic nitrogens is 1. The number of thiophene rings is 1. The molecule has 0 atom stereocenters. The van der Waals surface area contributed by atoms with Gasteiger partial charge in [0, 0.05) is 30.9 Å². The summed E-state index contributed by atoms with van der Waals surface area (Å²) in [6, 6.07) is 5.43. The van der Waals surface area contributed by atoms with E-state index in [9.17, 15) is 8.42 Å². The average Bonchev–Trinajstić information content (AvgIpc) is 2.89. The second-order valence-corrected chi connectivity index (χ2v) is 7.11. The van der Waals surface area contributed by atoms with Crippen molar-refractivity contribution in [1.82, 2.24) is 9.29 Å². The van der Waals surface area contributed by atoms with Crippen LogP contribution in [0, 0.1) is 0 Å². The van der Waals surface area contributed by atoms with Gasteiger partial charge in [-0.1, -0.05) is 6.07 Å². The van der Waals surface area contributed by atoms with E-state index < -0.39 is 10.0 Å². The summed E-state index contributed by atoms with van der Waals surface area (Å²) >= 11 is 1.62. The Morgan fingerprint density at radius 1 is 1.42 bits per heavy atom. The van der Waals surface area contributed by atoms with Crippen molar-refractivity contribution in [2.75, 3.05) is 19.3 Å². The molecule has 0 spiro atoms. The molecule has 2 aromatic rings. The molecule has 2 heterocycles. The van der Waals surface area contributed by atoms with E-state index in [4.69, 9.17) is 5.73 Å². The minimum atomic E-state index is -3.57. The smallest absolute Gasteiger partial charge is 0.246 e. The predicted molar refractivity (Wildman–Crippen MR) is 76.5 cm³/mol. The van der Waals surface area contributed by atoms with Crippen LogP contribution in [0.2, 0.25) is 0 Å². The maximum absolute atomic E-state index is 12.3. The molecule has 19 heavy (non-hydrogen) atoms. The van der Waals surface area contributed by atoms with Crippen LogP contribution in [0.25, 0.3) is 0 Å². The van der Waals surface area contributed by atoms with Crippen LogP contribution in [0.1, 0.15) is 4.88 Å². The zero-order chi connectivity index (χ0) is 13.9. The van der Waals surface area contributed by atoms with Crippen LogP contribution < -0.4 is 5.73 Å². The highest BCUT2D eigenvalue weighted by Gasteiger charge is 2.23. The second kappa shape index (κ2) is 5.68. The number of pyridine rings is 1. The van der Waals surface area contributed by atoms with E-state index in [2.05, 4.69) is 4.98 Å². The molecule has 0 aliphatic carbocycles. The lowest BCUT2D eigenvalue weighted by Gasteiger charge is -2.17. The Morgan fingerprint density at radius 3 is 2.84 bits per heavy atom. The van der Waals surface area contributed by atoms with Crippen molar-refractivity contribution in [2.24, 2.45) is 0 Å². The maximum Gasteiger partial charge on any atom is 0.246 e. The lowest BCUT2D eigenvalue weighted by Crippen LogP contribution is -2.29. The minimum Gasteiger partial charge on any atom is -0.398 e. The van der Waals surface area contributed by atoms with Crippen LogP contribution in [0.4, 0.5) is 5.69 Å². The number of nitrogens with two attached hydrogens (primary N) is 1. The van der Waals surface area contributed by atoms with Crippen LogP contribution in [0.3, 0.4) is 0 Å². The molecule has 5 nitrogen and oxygen atoms in total. The summed E-state index contributed by atoms with van der Waals surface area (Å²) < 4.78 is 25.9. The van der Waals surface area contributed by atoms with E-state index in [1.165, 1.54) is 22.8 Å². The molecule has 2 N–H and O–H groups in total. The first kappa shape index (κ1) is 14.0. The second-order valence-electron chi connectivity index (χ2n) is 4.07. The van der Waals surface area contributed by atoms with E-state index in [-0.39, 0.29) is 10.6 Å². The topological polar surface area (TPSA) is 76.3 Å². The summed E-state index contributed by atoms with van der Waals surface area (Å²) in [5.74, 6) is 0. The Kier molecular flexibility index (Phi) is 4.18. The van der Waals surface area contributed by atoms with Gasteiger partial charge in [0.05, 0.1) is 5.69 Å². The van der Waals surface area contributed by atoms with Gasteiger partial charge in [-0.2, -0.15) is 0 Å². The fourth-order valence-corrected chi connectivity index (χ4v) is 3.54. The highest BCUT2D eigenvalue weighted by molar-refractivity contribution is 7.89. The Labute approximate surface area is 116 Å². The van der Waals surface area contributed by atoms with Gasteiger partial charge in [-0.15, -0.1) is 11.3 Å². The molecule has 0 radical (unpaired) electrons. The summed E-state index contributed by atoms with van der Waals surface area (Å²) in [5, 5.41) is 1.98. The van der Waals surface area contributed by atoms with Gasteiger partial charge in [-0.25, -0.2) is 12.7 Å². The third kappa shape index (κ3) is 3.12. The largest absolute Gasteiger partial charge is 0.398 e. The molecule has 2 rings (SSSR count). The van der Waals surface area contributed by atoms with Crippen LogP contribution in [0.15, 0.2) is 40.9 Å². The number of hydrogen-bond acceptors (Lipinski definition) is 5. The summed E-state index contributed by atoms with van der Waals surface area (Å²) in [6.07, 6.45) is 3.44. The van der Waals surface area contributed by atoms with Gasteiger partial charge >= 0.3 is 0 Å². The molecule has 2 aromatic heterocycles. The number of rotatable bonds is 5. The molecule has 0 aromatic carbocycles. The highest BCUT2D eigenvalue weighted by Crippen LogP contribution is 2.20. The highest BCUT2D eigenvalue weighted by atomic mass is 32.2. The van der Waals surface area contributed by atoms with Gasteiger partial charge in [0.1, 0.15) is 4.90 Å². The molecular formula is C12H15N3O2S2. The summed E-state index contributed by atoms with van der Waals surface area (Å²) in [4.78, 5) is 5.03. The number of nitrogens with zero attached hydrogens (tertiary/aromatic N) is 2. The van der Waals surface area contributed by atoms with E-state index in [1.807, 2.05) is 17.5 Å². The number of nitrogen functional groups attached to an aromatic ring is 1. The fraction of sp³-hybridized carbons (Fsp3) is 0.250. The van der Waals surface area contributed by atoms with E-state index in [0.29, 0.717) is 13.0 Å². The maximum atomic E-state index is 12.3. The first-order chi connectivity index (χ1) is 9.01. The van der Waals surface area contributed by atoms with E-state index in [1.54, 1.807) is 18.4 Å². The first-order valence-electron chi connectivity index (χ1n) is 5.70. The van der Waals surface area contributed by atoms with Gasteiger partial charge < -0.3 is 5.73 Å². The third-order valence-electron chi connectivity index (χ3n) is 2.76. The van der Waals surface area contributed by atoms with Crippen LogP contribution in [-0.2, 0) is 16.4 Å². The molecule has 102 valence electrons.